The van der Waals surface area contributed by atoms with Crippen LogP contribution in [0.5, 0.6) is 0 Å². The summed E-state index contributed by atoms with van der Waals surface area (Å²) in [7, 11) is 1.81. The van der Waals surface area contributed by atoms with Crippen molar-refractivity contribution in [2.24, 2.45) is 5.73 Å². The van der Waals surface area contributed by atoms with Crippen molar-refractivity contribution >= 4 is 5.91 Å². The minimum Gasteiger partial charge on any atom is -0.340 e. The van der Waals surface area contributed by atoms with Crippen LogP contribution in [-0.4, -0.2) is 28.4 Å². The SMILES string of the molecule is CN(Cc1cccnc1)C(=O)C1(N)CCCC1. The molecule has 1 aliphatic carbocycles. The third-order valence-electron chi connectivity index (χ3n) is 3.41. The Hall–Kier alpha value is -1.42. The number of nitrogens with zero attached hydrogens (tertiary/aromatic N) is 2. The van der Waals surface area contributed by atoms with Crippen LogP contribution in [0.25, 0.3) is 0 Å². The highest BCUT2D eigenvalue weighted by Gasteiger charge is 2.38. The topological polar surface area (TPSA) is 59.2 Å². The van der Waals surface area contributed by atoms with Crippen LogP contribution in [0, 0.1) is 0 Å². The summed E-state index contributed by atoms with van der Waals surface area (Å²) in [6.07, 6.45) is 7.24. The van der Waals surface area contributed by atoms with Crippen molar-refractivity contribution in [3.63, 3.8) is 0 Å². The van der Waals surface area contributed by atoms with Crippen LogP contribution >= 0.6 is 0 Å². The van der Waals surface area contributed by atoms with Gasteiger partial charge in [-0.25, -0.2) is 0 Å². The Bertz CT molecular complexity index is 385. The van der Waals surface area contributed by atoms with Gasteiger partial charge in [-0.2, -0.15) is 0 Å². The number of amides is 1. The van der Waals surface area contributed by atoms with Crippen molar-refractivity contribution in [1.29, 1.82) is 0 Å². The van der Waals surface area contributed by atoms with Gasteiger partial charge in [0.1, 0.15) is 0 Å². The molecule has 4 nitrogen and oxygen atoms in total. The molecule has 1 aromatic heterocycles. The van der Waals surface area contributed by atoms with Crippen LogP contribution in [0.2, 0.25) is 0 Å². The molecule has 1 saturated carbocycles. The minimum atomic E-state index is -0.628. The van der Waals surface area contributed by atoms with E-state index < -0.39 is 5.54 Å². The average Bonchev–Trinajstić information content (AvgIpc) is 2.78. The van der Waals surface area contributed by atoms with Gasteiger partial charge in [0.05, 0.1) is 5.54 Å². The van der Waals surface area contributed by atoms with Crippen LogP contribution in [0.1, 0.15) is 31.2 Å². The Kier molecular flexibility index (Phi) is 3.43. The molecule has 0 aliphatic heterocycles. The van der Waals surface area contributed by atoms with E-state index in [9.17, 15) is 4.79 Å². The molecule has 0 bridgehead atoms. The van der Waals surface area contributed by atoms with E-state index in [1.54, 1.807) is 17.3 Å². The summed E-state index contributed by atoms with van der Waals surface area (Å²) >= 11 is 0. The molecule has 1 amide bonds. The standard InChI is InChI=1S/C13H19N3O/c1-16(10-11-5-4-8-15-9-11)12(17)13(14)6-2-3-7-13/h4-5,8-9H,2-3,6-7,10,14H2,1H3. The molecule has 2 N–H and O–H groups in total. The zero-order chi connectivity index (χ0) is 12.3. The first-order chi connectivity index (χ1) is 8.12. The lowest BCUT2D eigenvalue weighted by molar-refractivity contribution is -0.136. The van der Waals surface area contributed by atoms with E-state index in [2.05, 4.69) is 4.98 Å². The summed E-state index contributed by atoms with van der Waals surface area (Å²) in [4.78, 5) is 18.0. The normalized spacial score (nSPS) is 18.0. The van der Waals surface area contributed by atoms with Gasteiger partial charge in [0, 0.05) is 26.0 Å². The van der Waals surface area contributed by atoms with Gasteiger partial charge in [-0.3, -0.25) is 9.78 Å². The zero-order valence-electron chi connectivity index (χ0n) is 10.2. The van der Waals surface area contributed by atoms with Gasteiger partial charge < -0.3 is 10.6 Å². The molecule has 1 aromatic rings. The second kappa shape index (κ2) is 4.84. The highest BCUT2D eigenvalue weighted by molar-refractivity contribution is 5.86. The number of likely N-dealkylation sites (N-methyl/N-ethyl adjacent to an activating group) is 1. The predicted octanol–water partition coefficient (Wildman–Crippen LogP) is 1.31. The lowest BCUT2D eigenvalue weighted by Gasteiger charge is -2.28. The molecule has 92 valence electrons. The Balaban J connectivity index is 2.00. The molecule has 4 heteroatoms. The van der Waals surface area contributed by atoms with Crippen molar-refractivity contribution < 1.29 is 4.79 Å². The van der Waals surface area contributed by atoms with E-state index in [-0.39, 0.29) is 5.91 Å². The fraction of sp³-hybridized carbons (Fsp3) is 0.538. The third-order valence-corrected chi connectivity index (χ3v) is 3.41. The highest BCUT2D eigenvalue weighted by Crippen LogP contribution is 2.28. The summed E-state index contributed by atoms with van der Waals surface area (Å²) in [5, 5.41) is 0. The van der Waals surface area contributed by atoms with Gasteiger partial charge in [-0.15, -0.1) is 0 Å². The van der Waals surface area contributed by atoms with Gasteiger partial charge in [0.15, 0.2) is 0 Å². The predicted molar refractivity (Wildman–Crippen MR) is 66.1 cm³/mol. The van der Waals surface area contributed by atoms with Crippen LogP contribution < -0.4 is 5.73 Å². The molecule has 0 atom stereocenters. The maximum atomic E-state index is 12.3. The summed E-state index contributed by atoms with van der Waals surface area (Å²) in [5.41, 5.74) is 6.55. The van der Waals surface area contributed by atoms with E-state index >= 15 is 0 Å². The fourth-order valence-corrected chi connectivity index (χ4v) is 2.44. The second-order valence-corrected chi connectivity index (χ2v) is 4.89. The van der Waals surface area contributed by atoms with Gasteiger partial charge in [-0.05, 0) is 24.5 Å². The molecule has 0 spiro atoms. The minimum absolute atomic E-state index is 0.0545. The number of rotatable bonds is 3. The number of carbonyl (C=O) groups is 1. The molecule has 2 rings (SSSR count). The van der Waals surface area contributed by atoms with E-state index in [0.717, 1.165) is 31.2 Å². The van der Waals surface area contributed by atoms with E-state index in [4.69, 9.17) is 5.73 Å². The van der Waals surface area contributed by atoms with E-state index in [1.165, 1.54) is 0 Å². The Morgan fingerprint density at radius 2 is 2.24 bits per heavy atom. The zero-order valence-corrected chi connectivity index (χ0v) is 10.2. The largest absolute Gasteiger partial charge is 0.340 e. The number of hydrogen-bond donors (Lipinski definition) is 1. The number of carbonyl (C=O) groups excluding carboxylic acids is 1. The van der Waals surface area contributed by atoms with Crippen molar-refractivity contribution in [3.8, 4) is 0 Å². The second-order valence-electron chi connectivity index (χ2n) is 4.89. The van der Waals surface area contributed by atoms with E-state index in [1.807, 2.05) is 19.2 Å². The summed E-state index contributed by atoms with van der Waals surface area (Å²) in [6.45, 7) is 0.575. The van der Waals surface area contributed by atoms with Crippen molar-refractivity contribution in [3.05, 3.63) is 30.1 Å². The number of pyridine rings is 1. The smallest absolute Gasteiger partial charge is 0.242 e. The Labute approximate surface area is 102 Å². The first-order valence-corrected chi connectivity index (χ1v) is 6.05. The van der Waals surface area contributed by atoms with Gasteiger partial charge in [0.2, 0.25) is 5.91 Å². The van der Waals surface area contributed by atoms with Crippen LogP contribution in [0.15, 0.2) is 24.5 Å². The van der Waals surface area contributed by atoms with Crippen molar-refractivity contribution in [2.75, 3.05) is 7.05 Å². The summed E-state index contributed by atoms with van der Waals surface area (Å²) < 4.78 is 0. The Morgan fingerprint density at radius 1 is 1.53 bits per heavy atom. The number of nitrogens with two attached hydrogens (primary N) is 1. The third kappa shape index (κ3) is 2.64. The summed E-state index contributed by atoms with van der Waals surface area (Å²) in [5.74, 6) is 0.0545. The summed E-state index contributed by atoms with van der Waals surface area (Å²) in [6, 6.07) is 3.84. The fourth-order valence-electron chi connectivity index (χ4n) is 2.44. The molecule has 0 saturated heterocycles. The van der Waals surface area contributed by atoms with Crippen LogP contribution in [0.4, 0.5) is 0 Å². The number of hydrogen-bond acceptors (Lipinski definition) is 3. The van der Waals surface area contributed by atoms with Crippen molar-refractivity contribution in [2.45, 2.75) is 37.8 Å². The molecule has 0 aromatic carbocycles. The molecular weight excluding hydrogens is 214 g/mol. The maximum absolute atomic E-state index is 12.3. The highest BCUT2D eigenvalue weighted by atomic mass is 16.2. The van der Waals surface area contributed by atoms with Gasteiger partial charge in [-0.1, -0.05) is 18.9 Å². The molecule has 17 heavy (non-hydrogen) atoms. The van der Waals surface area contributed by atoms with Gasteiger partial charge >= 0.3 is 0 Å². The van der Waals surface area contributed by atoms with Gasteiger partial charge in [0.25, 0.3) is 0 Å². The van der Waals surface area contributed by atoms with Crippen molar-refractivity contribution in [1.82, 2.24) is 9.88 Å². The molecule has 1 heterocycles. The number of aromatic nitrogens is 1. The molecule has 1 fully saturated rings. The monoisotopic (exact) mass is 233 g/mol. The molecule has 0 unspecified atom stereocenters. The quantitative estimate of drug-likeness (QED) is 0.856. The first kappa shape index (κ1) is 12.0. The lowest BCUT2D eigenvalue weighted by Crippen LogP contribution is -2.52. The van der Waals surface area contributed by atoms with E-state index in [0.29, 0.717) is 6.54 Å². The van der Waals surface area contributed by atoms with Crippen LogP contribution in [-0.2, 0) is 11.3 Å². The van der Waals surface area contributed by atoms with Crippen LogP contribution in [0.3, 0.4) is 0 Å². The average molecular weight is 233 g/mol. The first-order valence-electron chi connectivity index (χ1n) is 6.05. The Morgan fingerprint density at radius 3 is 2.82 bits per heavy atom. The lowest BCUT2D eigenvalue weighted by atomic mass is 9.97. The molecular formula is C13H19N3O. The molecule has 0 radical (unpaired) electrons. The molecule has 1 aliphatic rings. The maximum Gasteiger partial charge on any atom is 0.242 e.